The van der Waals surface area contributed by atoms with Crippen LogP contribution in [0.5, 0.6) is 5.75 Å². The molecular formula is C27H34N4O4. The van der Waals surface area contributed by atoms with Crippen molar-refractivity contribution < 1.29 is 19.1 Å². The lowest BCUT2D eigenvalue weighted by atomic mass is 10.1. The number of rotatable bonds is 9. The Bertz CT molecular complexity index is 1030. The van der Waals surface area contributed by atoms with Crippen molar-refractivity contribution in [1.82, 2.24) is 9.80 Å². The quantitative estimate of drug-likeness (QED) is 0.560. The van der Waals surface area contributed by atoms with E-state index in [0.29, 0.717) is 30.9 Å². The van der Waals surface area contributed by atoms with E-state index in [2.05, 4.69) is 16.8 Å². The fraction of sp³-hybridized carbons (Fsp3) is 0.370. The Hall–Kier alpha value is -3.81. The van der Waals surface area contributed by atoms with Gasteiger partial charge in [-0.05, 0) is 48.5 Å². The molecule has 35 heavy (non-hydrogen) atoms. The highest BCUT2D eigenvalue weighted by Crippen LogP contribution is 2.21. The van der Waals surface area contributed by atoms with E-state index >= 15 is 0 Å². The van der Waals surface area contributed by atoms with E-state index in [-0.39, 0.29) is 30.2 Å². The Morgan fingerprint density at radius 2 is 1.66 bits per heavy atom. The molecule has 0 aliphatic carbocycles. The first-order valence-electron chi connectivity index (χ1n) is 11.8. The summed E-state index contributed by atoms with van der Waals surface area (Å²) in [7, 11) is 1.60. The number of benzene rings is 2. The zero-order valence-corrected chi connectivity index (χ0v) is 20.7. The summed E-state index contributed by atoms with van der Waals surface area (Å²) in [6.07, 6.45) is 1.62. The zero-order chi connectivity index (χ0) is 25.4. The number of hydrogen-bond acceptors (Lipinski definition) is 5. The number of ether oxygens (including phenoxy) is 1. The van der Waals surface area contributed by atoms with E-state index in [0.717, 1.165) is 24.5 Å². The monoisotopic (exact) mass is 478 g/mol. The maximum absolute atomic E-state index is 12.8. The first-order chi connectivity index (χ1) is 16.8. The van der Waals surface area contributed by atoms with Crippen LogP contribution in [-0.4, -0.2) is 73.9 Å². The highest BCUT2D eigenvalue weighted by Gasteiger charge is 2.23. The van der Waals surface area contributed by atoms with Gasteiger partial charge in [0.15, 0.2) is 0 Å². The molecule has 0 unspecified atom stereocenters. The number of nitrogens with zero attached hydrogens (tertiary/aromatic N) is 3. The van der Waals surface area contributed by atoms with E-state index in [1.54, 1.807) is 37.5 Å². The SMILES string of the molecule is C=CCN(CC(=O)Nc1ccc(N2CCN(C(=O)c3ccc(OC)cc3)CC2)cc1)C(=O)C(C)C. The summed E-state index contributed by atoms with van der Waals surface area (Å²) in [6.45, 7) is 10.3. The van der Waals surface area contributed by atoms with Crippen molar-refractivity contribution in [2.24, 2.45) is 5.92 Å². The lowest BCUT2D eigenvalue weighted by molar-refractivity contribution is -0.136. The fourth-order valence-electron chi connectivity index (χ4n) is 3.97. The van der Waals surface area contributed by atoms with E-state index in [1.165, 1.54) is 4.90 Å². The molecule has 186 valence electrons. The normalized spacial score (nSPS) is 13.4. The molecule has 1 fully saturated rings. The summed E-state index contributed by atoms with van der Waals surface area (Å²) in [6, 6.07) is 14.8. The summed E-state index contributed by atoms with van der Waals surface area (Å²) < 4.78 is 5.16. The molecule has 0 bridgehead atoms. The van der Waals surface area contributed by atoms with Gasteiger partial charge in [0.05, 0.1) is 7.11 Å². The molecular weight excluding hydrogens is 444 g/mol. The van der Waals surface area contributed by atoms with E-state index in [4.69, 9.17) is 4.74 Å². The molecule has 0 atom stereocenters. The summed E-state index contributed by atoms with van der Waals surface area (Å²) >= 11 is 0. The molecule has 8 heteroatoms. The van der Waals surface area contributed by atoms with Crippen molar-refractivity contribution >= 4 is 29.1 Å². The second kappa shape index (κ2) is 12.1. The summed E-state index contributed by atoms with van der Waals surface area (Å²) in [5, 5.41) is 2.86. The van der Waals surface area contributed by atoms with Gasteiger partial charge < -0.3 is 24.8 Å². The Morgan fingerprint density at radius 1 is 1.03 bits per heavy atom. The van der Waals surface area contributed by atoms with E-state index in [9.17, 15) is 14.4 Å². The van der Waals surface area contributed by atoms with Crippen molar-refractivity contribution in [3.8, 4) is 5.75 Å². The smallest absolute Gasteiger partial charge is 0.253 e. The van der Waals surface area contributed by atoms with Crippen LogP contribution in [0.15, 0.2) is 61.2 Å². The third-order valence-corrected chi connectivity index (χ3v) is 5.91. The van der Waals surface area contributed by atoms with Crippen LogP contribution in [0.1, 0.15) is 24.2 Å². The maximum Gasteiger partial charge on any atom is 0.253 e. The van der Waals surface area contributed by atoms with Crippen LogP contribution in [0.4, 0.5) is 11.4 Å². The van der Waals surface area contributed by atoms with Crippen LogP contribution in [-0.2, 0) is 9.59 Å². The summed E-state index contributed by atoms with van der Waals surface area (Å²) in [5.41, 5.74) is 2.35. The molecule has 0 aromatic heterocycles. The second-order valence-corrected chi connectivity index (χ2v) is 8.76. The van der Waals surface area contributed by atoms with Gasteiger partial charge in [0.1, 0.15) is 12.3 Å². The van der Waals surface area contributed by atoms with Gasteiger partial charge in [-0.3, -0.25) is 14.4 Å². The maximum atomic E-state index is 12.8. The van der Waals surface area contributed by atoms with Crippen molar-refractivity contribution in [1.29, 1.82) is 0 Å². The molecule has 2 aromatic carbocycles. The number of nitrogens with one attached hydrogen (secondary N) is 1. The highest BCUT2D eigenvalue weighted by molar-refractivity contribution is 5.95. The molecule has 1 N–H and O–H groups in total. The van der Waals surface area contributed by atoms with Crippen LogP contribution in [0, 0.1) is 5.92 Å². The molecule has 0 saturated carbocycles. The molecule has 2 aromatic rings. The Morgan fingerprint density at radius 3 is 2.20 bits per heavy atom. The van der Waals surface area contributed by atoms with Crippen LogP contribution >= 0.6 is 0 Å². The van der Waals surface area contributed by atoms with Crippen LogP contribution in [0.2, 0.25) is 0 Å². The van der Waals surface area contributed by atoms with Gasteiger partial charge in [-0.2, -0.15) is 0 Å². The Kier molecular flexibility index (Phi) is 8.89. The van der Waals surface area contributed by atoms with Gasteiger partial charge in [0.25, 0.3) is 5.91 Å². The van der Waals surface area contributed by atoms with Crippen LogP contribution < -0.4 is 15.0 Å². The number of amides is 3. The number of carbonyl (C=O) groups is 3. The number of carbonyl (C=O) groups excluding carboxylic acids is 3. The van der Waals surface area contributed by atoms with Crippen LogP contribution in [0.25, 0.3) is 0 Å². The number of piperazine rings is 1. The third-order valence-electron chi connectivity index (χ3n) is 5.91. The van der Waals surface area contributed by atoms with E-state index in [1.807, 2.05) is 43.0 Å². The van der Waals surface area contributed by atoms with Crippen molar-refractivity contribution in [3.05, 3.63) is 66.7 Å². The molecule has 1 aliphatic rings. The van der Waals surface area contributed by atoms with Crippen molar-refractivity contribution in [3.63, 3.8) is 0 Å². The zero-order valence-electron chi connectivity index (χ0n) is 20.7. The minimum absolute atomic E-state index is 0.0189. The average Bonchev–Trinajstić information content (AvgIpc) is 2.88. The molecule has 8 nitrogen and oxygen atoms in total. The van der Waals surface area contributed by atoms with Gasteiger partial charge in [-0.25, -0.2) is 0 Å². The van der Waals surface area contributed by atoms with Crippen molar-refractivity contribution in [2.75, 3.05) is 56.6 Å². The number of anilines is 2. The van der Waals surface area contributed by atoms with Gasteiger partial charge in [0.2, 0.25) is 11.8 Å². The molecule has 1 heterocycles. The van der Waals surface area contributed by atoms with Gasteiger partial charge in [0, 0.05) is 55.6 Å². The van der Waals surface area contributed by atoms with E-state index < -0.39 is 0 Å². The van der Waals surface area contributed by atoms with Gasteiger partial charge in [-0.1, -0.05) is 19.9 Å². The lowest BCUT2D eigenvalue weighted by Crippen LogP contribution is -2.48. The molecule has 1 saturated heterocycles. The predicted octanol–water partition coefficient (Wildman–Crippen LogP) is 3.27. The first kappa shape index (κ1) is 25.8. The third kappa shape index (κ3) is 6.85. The highest BCUT2D eigenvalue weighted by atomic mass is 16.5. The van der Waals surface area contributed by atoms with Gasteiger partial charge >= 0.3 is 0 Å². The number of methoxy groups -OCH3 is 1. The van der Waals surface area contributed by atoms with Crippen molar-refractivity contribution in [2.45, 2.75) is 13.8 Å². The average molecular weight is 479 g/mol. The predicted molar refractivity (Wildman–Crippen MR) is 138 cm³/mol. The lowest BCUT2D eigenvalue weighted by Gasteiger charge is -2.36. The summed E-state index contributed by atoms with van der Waals surface area (Å²) in [5.74, 6) is 0.226. The topological polar surface area (TPSA) is 82.2 Å². The first-order valence-corrected chi connectivity index (χ1v) is 11.8. The summed E-state index contributed by atoms with van der Waals surface area (Å²) in [4.78, 5) is 43.1. The molecule has 1 aliphatic heterocycles. The van der Waals surface area contributed by atoms with Crippen LogP contribution in [0.3, 0.4) is 0 Å². The molecule has 0 radical (unpaired) electrons. The number of hydrogen-bond donors (Lipinski definition) is 1. The minimum Gasteiger partial charge on any atom is -0.497 e. The molecule has 3 rings (SSSR count). The second-order valence-electron chi connectivity index (χ2n) is 8.76. The minimum atomic E-state index is -0.251. The largest absolute Gasteiger partial charge is 0.497 e. The standard InChI is InChI=1S/C27H34N4O4/c1-5-14-31(26(33)20(2)3)19-25(32)28-22-8-10-23(11-9-22)29-15-17-30(18-16-29)27(34)21-6-12-24(35-4)13-7-21/h5-13,20H,1,14-19H2,2-4H3,(H,28,32). The Balaban J connectivity index is 1.52. The fourth-order valence-corrected chi connectivity index (χ4v) is 3.97. The Labute approximate surface area is 207 Å². The molecule has 0 spiro atoms. The molecule has 3 amide bonds. The van der Waals surface area contributed by atoms with Gasteiger partial charge in [-0.15, -0.1) is 6.58 Å².